The molecule has 0 radical (unpaired) electrons. The first-order valence-electron chi connectivity index (χ1n) is 6.84. The van der Waals surface area contributed by atoms with Crippen molar-refractivity contribution in [2.45, 2.75) is 32.1 Å². The fourth-order valence-electron chi connectivity index (χ4n) is 2.57. The van der Waals surface area contributed by atoms with E-state index in [1.165, 1.54) is 32.1 Å². The van der Waals surface area contributed by atoms with E-state index in [0.717, 1.165) is 37.2 Å². The highest BCUT2D eigenvalue weighted by atomic mass is 35.5. The van der Waals surface area contributed by atoms with Gasteiger partial charge in [-0.05, 0) is 31.6 Å². The third-order valence-electron chi connectivity index (χ3n) is 3.96. The lowest BCUT2D eigenvalue weighted by Gasteiger charge is -2.26. The number of nitrogens with one attached hydrogen (secondary N) is 1. The molecule has 0 aromatic carbocycles. The summed E-state index contributed by atoms with van der Waals surface area (Å²) in [5, 5.41) is 4.05. The maximum atomic E-state index is 6.40. The Balaban J connectivity index is 1.70. The number of nitrogens with zero attached hydrogens (tertiary/aromatic N) is 3. The molecule has 4 nitrogen and oxygen atoms in total. The van der Waals surface area contributed by atoms with Crippen LogP contribution in [0.3, 0.4) is 0 Å². The molecule has 2 fully saturated rings. The van der Waals surface area contributed by atoms with Crippen LogP contribution in [-0.4, -0.2) is 29.6 Å². The third kappa shape index (κ3) is 2.39. The second-order valence-electron chi connectivity index (χ2n) is 5.23. The molecule has 0 bridgehead atoms. The number of hydrogen-bond donors (Lipinski definition) is 1. The van der Waals surface area contributed by atoms with E-state index in [2.05, 4.69) is 20.2 Å². The number of rotatable bonds is 4. The minimum absolute atomic E-state index is 0.679. The lowest BCUT2D eigenvalue weighted by Crippen LogP contribution is -2.23. The average Bonchev–Trinajstić information content (AvgIpc) is 2.82. The van der Waals surface area contributed by atoms with E-state index >= 15 is 0 Å². The SMILES string of the molecule is Clc1c(NCC2CCC2)ncnc1N1CCCC1. The molecule has 1 aromatic heterocycles. The number of hydrogen-bond acceptors (Lipinski definition) is 4. The number of anilines is 2. The minimum Gasteiger partial charge on any atom is -0.368 e. The van der Waals surface area contributed by atoms with Gasteiger partial charge in [0.25, 0.3) is 0 Å². The summed E-state index contributed by atoms with van der Waals surface area (Å²) in [4.78, 5) is 10.8. The normalized spacial score (nSPS) is 19.9. The van der Waals surface area contributed by atoms with Crippen molar-refractivity contribution in [3.05, 3.63) is 11.3 Å². The van der Waals surface area contributed by atoms with Gasteiger partial charge in [-0.25, -0.2) is 9.97 Å². The summed E-state index contributed by atoms with van der Waals surface area (Å²) >= 11 is 6.40. The van der Waals surface area contributed by atoms with E-state index in [4.69, 9.17) is 11.6 Å². The standard InChI is InChI=1S/C13H19ClN4/c14-11-12(15-8-10-4-3-5-10)16-9-17-13(11)18-6-1-2-7-18/h9-10H,1-8H2,(H,15,16,17). The summed E-state index contributed by atoms with van der Waals surface area (Å²) < 4.78 is 0. The van der Waals surface area contributed by atoms with Gasteiger partial charge in [0.15, 0.2) is 5.82 Å². The Hall–Kier alpha value is -1.03. The molecule has 1 N–H and O–H groups in total. The summed E-state index contributed by atoms with van der Waals surface area (Å²) in [5.74, 6) is 2.48. The predicted octanol–water partition coefficient (Wildman–Crippen LogP) is 2.94. The quantitative estimate of drug-likeness (QED) is 0.910. The van der Waals surface area contributed by atoms with Crippen LogP contribution < -0.4 is 10.2 Å². The molecule has 1 aliphatic carbocycles. The maximum absolute atomic E-state index is 6.40. The molecular formula is C13H19ClN4. The molecule has 1 aliphatic heterocycles. The Bertz CT molecular complexity index is 413. The van der Waals surface area contributed by atoms with E-state index in [9.17, 15) is 0 Å². The molecule has 18 heavy (non-hydrogen) atoms. The lowest BCUT2D eigenvalue weighted by molar-refractivity contribution is 0.333. The second-order valence-corrected chi connectivity index (χ2v) is 5.61. The summed E-state index contributed by atoms with van der Waals surface area (Å²) in [6, 6.07) is 0. The topological polar surface area (TPSA) is 41.1 Å². The number of aromatic nitrogens is 2. The fraction of sp³-hybridized carbons (Fsp3) is 0.692. The first-order valence-corrected chi connectivity index (χ1v) is 7.21. The van der Waals surface area contributed by atoms with Crippen LogP contribution in [0.4, 0.5) is 11.6 Å². The molecule has 0 atom stereocenters. The first-order chi connectivity index (χ1) is 8.84. The molecule has 3 rings (SSSR count). The summed E-state index contributed by atoms with van der Waals surface area (Å²) in [7, 11) is 0. The van der Waals surface area contributed by atoms with Gasteiger partial charge < -0.3 is 10.2 Å². The van der Waals surface area contributed by atoms with Crippen molar-refractivity contribution in [1.29, 1.82) is 0 Å². The smallest absolute Gasteiger partial charge is 0.153 e. The first kappa shape index (κ1) is 12.0. The van der Waals surface area contributed by atoms with Crippen LogP contribution in [0.15, 0.2) is 6.33 Å². The van der Waals surface area contributed by atoms with Crippen molar-refractivity contribution in [1.82, 2.24) is 9.97 Å². The third-order valence-corrected chi connectivity index (χ3v) is 4.31. The highest BCUT2D eigenvalue weighted by Crippen LogP contribution is 2.32. The largest absolute Gasteiger partial charge is 0.368 e. The van der Waals surface area contributed by atoms with Gasteiger partial charge in [-0.1, -0.05) is 18.0 Å². The molecule has 2 aliphatic rings. The zero-order chi connectivity index (χ0) is 12.4. The molecule has 0 spiro atoms. The van der Waals surface area contributed by atoms with Gasteiger partial charge in [0.05, 0.1) is 0 Å². The van der Waals surface area contributed by atoms with Crippen molar-refractivity contribution in [3.8, 4) is 0 Å². The number of halogens is 1. The van der Waals surface area contributed by atoms with Gasteiger partial charge in [0, 0.05) is 19.6 Å². The van der Waals surface area contributed by atoms with E-state index in [-0.39, 0.29) is 0 Å². The molecular weight excluding hydrogens is 248 g/mol. The van der Waals surface area contributed by atoms with Gasteiger partial charge in [0.1, 0.15) is 17.2 Å². The van der Waals surface area contributed by atoms with Crippen LogP contribution in [0.2, 0.25) is 5.02 Å². The molecule has 1 saturated carbocycles. The molecule has 1 aromatic rings. The van der Waals surface area contributed by atoms with Gasteiger partial charge in [0.2, 0.25) is 0 Å². The van der Waals surface area contributed by atoms with Crippen LogP contribution in [0, 0.1) is 5.92 Å². The average molecular weight is 267 g/mol. The Kier molecular flexibility index (Phi) is 3.55. The van der Waals surface area contributed by atoms with Gasteiger partial charge in [-0.15, -0.1) is 0 Å². The highest BCUT2D eigenvalue weighted by molar-refractivity contribution is 6.35. The van der Waals surface area contributed by atoms with Crippen LogP contribution in [0.1, 0.15) is 32.1 Å². The second kappa shape index (κ2) is 5.31. The van der Waals surface area contributed by atoms with Crippen LogP contribution in [-0.2, 0) is 0 Å². The molecule has 0 amide bonds. The fourth-order valence-corrected chi connectivity index (χ4v) is 2.86. The van der Waals surface area contributed by atoms with Crippen molar-refractivity contribution in [2.24, 2.45) is 5.92 Å². The van der Waals surface area contributed by atoms with Crippen LogP contribution in [0.25, 0.3) is 0 Å². The molecule has 5 heteroatoms. The van der Waals surface area contributed by atoms with Gasteiger partial charge in [-0.2, -0.15) is 0 Å². The van der Waals surface area contributed by atoms with Gasteiger partial charge in [-0.3, -0.25) is 0 Å². The van der Waals surface area contributed by atoms with E-state index in [0.29, 0.717) is 5.02 Å². The maximum Gasteiger partial charge on any atom is 0.153 e. The van der Waals surface area contributed by atoms with Crippen molar-refractivity contribution >= 4 is 23.2 Å². The van der Waals surface area contributed by atoms with E-state index < -0.39 is 0 Å². The summed E-state index contributed by atoms with van der Waals surface area (Å²) in [6.07, 6.45) is 8.09. The van der Waals surface area contributed by atoms with E-state index in [1.807, 2.05) is 0 Å². The van der Waals surface area contributed by atoms with E-state index in [1.54, 1.807) is 6.33 Å². The zero-order valence-corrected chi connectivity index (χ0v) is 11.3. The lowest BCUT2D eigenvalue weighted by atomic mass is 9.85. The predicted molar refractivity (Wildman–Crippen MR) is 74.3 cm³/mol. The monoisotopic (exact) mass is 266 g/mol. The van der Waals surface area contributed by atoms with Crippen molar-refractivity contribution < 1.29 is 0 Å². The Morgan fingerprint density at radius 1 is 1.22 bits per heavy atom. The Morgan fingerprint density at radius 3 is 2.67 bits per heavy atom. The highest BCUT2D eigenvalue weighted by Gasteiger charge is 2.21. The van der Waals surface area contributed by atoms with Gasteiger partial charge >= 0.3 is 0 Å². The summed E-state index contributed by atoms with van der Waals surface area (Å²) in [5.41, 5.74) is 0. The van der Waals surface area contributed by atoms with Crippen molar-refractivity contribution in [2.75, 3.05) is 29.9 Å². The molecule has 1 saturated heterocycles. The Labute approximate surface area is 113 Å². The van der Waals surface area contributed by atoms with Crippen LogP contribution >= 0.6 is 11.6 Å². The summed E-state index contributed by atoms with van der Waals surface area (Å²) in [6.45, 7) is 3.09. The minimum atomic E-state index is 0.679. The molecule has 98 valence electrons. The molecule has 0 unspecified atom stereocenters. The van der Waals surface area contributed by atoms with Crippen LogP contribution in [0.5, 0.6) is 0 Å². The molecule has 2 heterocycles. The Morgan fingerprint density at radius 2 is 2.00 bits per heavy atom. The zero-order valence-electron chi connectivity index (χ0n) is 10.5. The van der Waals surface area contributed by atoms with Crippen molar-refractivity contribution in [3.63, 3.8) is 0 Å².